The highest BCUT2D eigenvalue weighted by Crippen LogP contribution is 2.34. The van der Waals surface area contributed by atoms with E-state index in [0.717, 1.165) is 19.4 Å². The molecule has 0 amide bonds. The van der Waals surface area contributed by atoms with Crippen molar-refractivity contribution in [1.82, 2.24) is 4.98 Å². The molecule has 0 aliphatic rings. The van der Waals surface area contributed by atoms with Crippen molar-refractivity contribution >= 4 is 11.7 Å². The molecule has 0 spiro atoms. The lowest BCUT2D eigenvalue weighted by atomic mass is 10.0. The number of pyridine rings is 1. The van der Waals surface area contributed by atoms with Crippen molar-refractivity contribution in [3.8, 4) is 11.1 Å². The van der Waals surface area contributed by atoms with Crippen LogP contribution in [0.3, 0.4) is 0 Å². The van der Waals surface area contributed by atoms with E-state index in [2.05, 4.69) is 9.72 Å². The Hall–Kier alpha value is -2.64. The van der Waals surface area contributed by atoms with Gasteiger partial charge < -0.3 is 10.5 Å². The van der Waals surface area contributed by atoms with E-state index in [1.165, 1.54) is 0 Å². The van der Waals surface area contributed by atoms with E-state index in [9.17, 15) is 22.4 Å². The number of hydrogen-bond acceptors (Lipinski definition) is 4. The lowest BCUT2D eigenvalue weighted by molar-refractivity contribution is -0.137. The minimum Gasteiger partial charge on any atom is -0.464 e. The molecular weight excluding hydrogens is 304 g/mol. The van der Waals surface area contributed by atoms with E-state index >= 15 is 0 Å². The van der Waals surface area contributed by atoms with Crippen LogP contribution in [0.1, 0.15) is 16.1 Å². The van der Waals surface area contributed by atoms with Gasteiger partial charge in [-0.25, -0.2) is 14.2 Å². The molecule has 0 fully saturated rings. The van der Waals surface area contributed by atoms with Crippen LogP contribution >= 0.6 is 0 Å². The number of halogens is 4. The van der Waals surface area contributed by atoms with Gasteiger partial charge in [-0.1, -0.05) is 0 Å². The first kappa shape index (κ1) is 15.7. The fourth-order valence-electron chi connectivity index (χ4n) is 1.82. The molecule has 2 N–H and O–H groups in total. The van der Waals surface area contributed by atoms with E-state index in [1.807, 2.05) is 0 Å². The molecule has 0 saturated heterocycles. The second-order valence-electron chi connectivity index (χ2n) is 4.35. The van der Waals surface area contributed by atoms with Crippen molar-refractivity contribution in [2.24, 2.45) is 0 Å². The highest BCUT2D eigenvalue weighted by molar-refractivity contribution is 5.93. The van der Waals surface area contributed by atoms with Crippen LogP contribution in [0.25, 0.3) is 11.1 Å². The largest absolute Gasteiger partial charge is 0.464 e. The van der Waals surface area contributed by atoms with Gasteiger partial charge in [0.15, 0.2) is 5.69 Å². The molecular formula is C14H10F4N2O2. The highest BCUT2D eigenvalue weighted by Gasteiger charge is 2.31. The van der Waals surface area contributed by atoms with Gasteiger partial charge in [0.2, 0.25) is 0 Å². The van der Waals surface area contributed by atoms with Crippen molar-refractivity contribution in [2.45, 2.75) is 6.18 Å². The minimum atomic E-state index is -4.60. The van der Waals surface area contributed by atoms with Crippen molar-refractivity contribution in [3.05, 3.63) is 47.5 Å². The number of benzene rings is 1. The molecule has 1 aromatic heterocycles. The molecule has 8 heteroatoms. The summed E-state index contributed by atoms with van der Waals surface area (Å²) in [6.07, 6.45) is -3.55. The number of nitrogens with two attached hydrogens (primary N) is 1. The van der Waals surface area contributed by atoms with Crippen LogP contribution in [-0.2, 0) is 10.9 Å². The SMILES string of the molecule is COC(=O)c1ncc(-c2cc(C(F)(F)F)ccc2F)cc1N. The first-order valence-electron chi connectivity index (χ1n) is 5.95. The summed E-state index contributed by atoms with van der Waals surface area (Å²) < 4.78 is 56.3. The van der Waals surface area contributed by atoms with Gasteiger partial charge in [-0.2, -0.15) is 13.2 Å². The zero-order valence-electron chi connectivity index (χ0n) is 11.2. The zero-order valence-corrected chi connectivity index (χ0v) is 11.2. The smallest absolute Gasteiger partial charge is 0.416 e. The van der Waals surface area contributed by atoms with Gasteiger partial charge in [-0.15, -0.1) is 0 Å². The third-order valence-electron chi connectivity index (χ3n) is 2.90. The highest BCUT2D eigenvalue weighted by atomic mass is 19.4. The van der Waals surface area contributed by atoms with Gasteiger partial charge in [-0.05, 0) is 24.3 Å². The summed E-state index contributed by atoms with van der Waals surface area (Å²) in [6.45, 7) is 0. The summed E-state index contributed by atoms with van der Waals surface area (Å²) in [6, 6.07) is 3.17. The molecule has 0 atom stereocenters. The van der Waals surface area contributed by atoms with Crippen LogP contribution in [0.4, 0.5) is 23.2 Å². The summed E-state index contributed by atoms with van der Waals surface area (Å²) in [5, 5.41) is 0. The van der Waals surface area contributed by atoms with Crippen molar-refractivity contribution in [3.63, 3.8) is 0 Å². The molecule has 1 aromatic carbocycles. The van der Waals surface area contributed by atoms with Crippen LogP contribution in [0, 0.1) is 5.82 Å². The molecule has 0 unspecified atom stereocenters. The van der Waals surface area contributed by atoms with Crippen LogP contribution in [-0.4, -0.2) is 18.1 Å². The van der Waals surface area contributed by atoms with E-state index in [0.29, 0.717) is 18.2 Å². The predicted molar refractivity (Wildman–Crippen MR) is 70.4 cm³/mol. The van der Waals surface area contributed by atoms with Crippen LogP contribution in [0.2, 0.25) is 0 Å². The maximum atomic E-state index is 13.8. The number of carbonyl (C=O) groups is 1. The summed E-state index contributed by atoms with van der Waals surface area (Å²) in [4.78, 5) is 15.1. The Morgan fingerprint density at radius 1 is 1.27 bits per heavy atom. The molecule has 0 saturated carbocycles. The topological polar surface area (TPSA) is 65.2 Å². The Morgan fingerprint density at radius 2 is 1.95 bits per heavy atom. The molecule has 2 rings (SSSR count). The maximum Gasteiger partial charge on any atom is 0.416 e. The van der Waals surface area contributed by atoms with Crippen molar-refractivity contribution in [1.29, 1.82) is 0 Å². The second kappa shape index (κ2) is 5.63. The molecule has 0 bridgehead atoms. The Morgan fingerprint density at radius 3 is 2.50 bits per heavy atom. The Balaban J connectivity index is 2.53. The quantitative estimate of drug-likeness (QED) is 0.682. The van der Waals surface area contributed by atoms with Crippen LogP contribution in [0.5, 0.6) is 0 Å². The fraction of sp³-hybridized carbons (Fsp3) is 0.143. The van der Waals surface area contributed by atoms with E-state index in [1.54, 1.807) is 0 Å². The summed E-state index contributed by atoms with van der Waals surface area (Å²) in [7, 11) is 1.13. The number of aromatic nitrogens is 1. The van der Waals surface area contributed by atoms with Gasteiger partial charge in [0.25, 0.3) is 0 Å². The monoisotopic (exact) mass is 314 g/mol. The van der Waals surface area contributed by atoms with Gasteiger partial charge >= 0.3 is 12.1 Å². The molecule has 0 aliphatic heterocycles. The van der Waals surface area contributed by atoms with Gasteiger partial charge in [0, 0.05) is 17.3 Å². The second-order valence-corrected chi connectivity index (χ2v) is 4.35. The van der Waals surface area contributed by atoms with Crippen molar-refractivity contribution < 1.29 is 27.1 Å². The summed E-state index contributed by atoms with van der Waals surface area (Å²) in [5.74, 6) is -1.66. The number of esters is 1. The summed E-state index contributed by atoms with van der Waals surface area (Å²) in [5.41, 5.74) is 3.99. The average Bonchev–Trinajstić information content (AvgIpc) is 2.45. The van der Waals surface area contributed by atoms with Gasteiger partial charge in [-0.3, -0.25) is 0 Å². The van der Waals surface area contributed by atoms with Gasteiger partial charge in [0.05, 0.1) is 18.4 Å². The normalized spacial score (nSPS) is 11.3. The fourth-order valence-corrected chi connectivity index (χ4v) is 1.82. The number of carbonyl (C=O) groups excluding carboxylic acids is 1. The maximum absolute atomic E-state index is 13.8. The molecule has 0 radical (unpaired) electrons. The lowest BCUT2D eigenvalue weighted by Gasteiger charge is -2.11. The first-order chi connectivity index (χ1) is 10.2. The number of alkyl halides is 3. The number of rotatable bonds is 2. The Labute approximate surface area is 122 Å². The van der Waals surface area contributed by atoms with Crippen molar-refractivity contribution in [2.75, 3.05) is 12.8 Å². The summed E-state index contributed by atoms with van der Waals surface area (Å²) >= 11 is 0. The number of hydrogen-bond donors (Lipinski definition) is 1. The number of ether oxygens (including phenoxy) is 1. The number of nitrogen functional groups attached to an aromatic ring is 1. The van der Waals surface area contributed by atoms with E-state index in [-0.39, 0.29) is 22.5 Å². The Kier molecular flexibility index (Phi) is 4.03. The van der Waals surface area contributed by atoms with Gasteiger partial charge in [0.1, 0.15) is 5.82 Å². The molecule has 2 aromatic rings. The third-order valence-corrected chi connectivity index (χ3v) is 2.90. The number of nitrogens with zero attached hydrogens (tertiary/aromatic N) is 1. The third kappa shape index (κ3) is 3.00. The Bertz CT molecular complexity index is 729. The van der Waals surface area contributed by atoms with Crippen LogP contribution < -0.4 is 5.73 Å². The predicted octanol–water partition coefficient (Wildman–Crippen LogP) is 3.28. The first-order valence-corrected chi connectivity index (χ1v) is 5.95. The standard InChI is InChI=1S/C14H10F4N2O2/c1-22-13(21)12-11(19)4-7(6-20-12)9-5-8(14(16,17)18)2-3-10(9)15/h2-6H,19H2,1H3. The molecule has 4 nitrogen and oxygen atoms in total. The molecule has 1 heterocycles. The van der Waals surface area contributed by atoms with E-state index in [4.69, 9.17) is 5.73 Å². The lowest BCUT2D eigenvalue weighted by Crippen LogP contribution is -2.09. The average molecular weight is 314 g/mol. The molecule has 22 heavy (non-hydrogen) atoms. The minimum absolute atomic E-state index is 0.0220. The number of anilines is 1. The zero-order chi connectivity index (χ0) is 16.5. The molecule has 116 valence electrons. The molecule has 0 aliphatic carbocycles. The van der Waals surface area contributed by atoms with E-state index < -0.39 is 23.5 Å². The number of methoxy groups -OCH3 is 1. The van der Waals surface area contributed by atoms with Crippen LogP contribution in [0.15, 0.2) is 30.5 Å².